The van der Waals surface area contributed by atoms with E-state index in [1.165, 1.54) is 38.8 Å². The van der Waals surface area contributed by atoms with Gasteiger partial charge in [0.1, 0.15) is 0 Å². The van der Waals surface area contributed by atoms with E-state index in [2.05, 4.69) is 10.2 Å². The molecule has 4 heteroatoms. The third-order valence-electron chi connectivity index (χ3n) is 3.94. The minimum absolute atomic E-state index is 0.179. The van der Waals surface area contributed by atoms with E-state index in [9.17, 15) is 5.11 Å². The lowest BCUT2D eigenvalue weighted by Crippen LogP contribution is -2.50. The van der Waals surface area contributed by atoms with Crippen molar-refractivity contribution in [1.82, 2.24) is 10.2 Å². The zero-order valence-corrected chi connectivity index (χ0v) is 10.2. The molecule has 16 heavy (non-hydrogen) atoms. The quantitative estimate of drug-likeness (QED) is 0.631. The van der Waals surface area contributed by atoms with Gasteiger partial charge in [-0.3, -0.25) is 4.90 Å². The summed E-state index contributed by atoms with van der Waals surface area (Å²) in [7, 11) is 0. The fourth-order valence-corrected chi connectivity index (χ4v) is 2.89. The molecular weight excluding hydrogens is 204 g/mol. The van der Waals surface area contributed by atoms with Crippen LogP contribution >= 0.6 is 0 Å². The molecule has 2 heterocycles. The molecule has 3 atom stereocenters. The average Bonchev–Trinajstić information content (AvgIpc) is 2.70. The first-order valence-corrected chi connectivity index (χ1v) is 6.43. The van der Waals surface area contributed by atoms with Crippen LogP contribution in [0, 0.1) is 0 Å². The maximum atomic E-state index is 9.75. The standard InChI is InChI=1S/C12H24N2O2/c1-12(16,9-15)8-13-10-5-7-14-6-3-2-4-11(10)14/h10-11,13,15-16H,2-9H2,1H3. The highest BCUT2D eigenvalue weighted by Gasteiger charge is 2.36. The molecule has 0 aliphatic carbocycles. The van der Waals surface area contributed by atoms with Gasteiger partial charge in [-0.05, 0) is 32.7 Å². The second kappa shape index (κ2) is 5.00. The Balaban J connectivity index is 1.82. The summed E-state index contributed by atoms with van der Waals surface area (Å²) >= 11 is 0. The Labute approximate surface area is 97.6 Å². The number of aliphatic hydroxyl groups is 2. The van der Waals surface area contributed by atoms with E-state index in [1.807, 2.05) is 0 Å². The van der Waals surface area contributed by atoms with E-state index in [0.717, 1.165) is 0 Å². The minimum atomic E-state index is -0.984. The third-order valence-corrected chi connectivity index (χ3v) is 3.94. The summed E-state index contributed by atoms with van der Waals surface area (Å²) < 4.78 is 0. The van der Waals surface area contributed by atoms with Crippen LogP contribution in [0.2, 0.25) is 0 Å². The summed E-state index contributed by atoms with van der Waals surface area (Å²) in [5.41, 5.74) is -0.984. The lowest BCUT2D eigenvalue weighted by molar-refractivity contribution is -0.000486. The average molecular weight is 228 g/mol. The van der Waals surface area contributed by atoms with Gasteiger partial charge in [0.2, 0.25) is 0 Å². The number of hydrogen-bond acceptors (Lipinski definition) is 4. The molecule has 0 radical (unpaired) electrons. The van der Waals surface area contributed by atoms with Crippen LogP contribution in [0.25, 0.3) is 0 Å². The topological polar surface area (TPSA) is 55.7 Å². The zero-order valence-electron chi connectivity index (χ0n) is 10.2. The van der Waals surface area contributed by atoms with Crippen LogP contribution in [0.5, 0.6) is 0 Å². The maximum absolute atomic E-state index is 9.75. The van der Waals surface area contributed by atoms with Crippen LogP contribution in [0.1, 0.15) is 32.6 Å². The van der Waals surface area contributed by atoms with Crippen molar-refractivity contribution < 1.29 is 10.2 Å². The SMILES string of the molecule is CC(O)(CO)CNC1CCN2CCCCC12. The van der Waals surface area contributed by atoms with Crippen LogP contribution in [0.15, 0.2) is 0 Å². The summed E-state index contributed by atoms with van der Waals surface area (Å²) in [4.78, 5) is 2.56. The first kappa shape index (κ1) is 12.3. The van der Waals surface area contributed by atoms with Crippen LogP contribution in [0.3, 0.4) is 0 Å². The molecule has 4 nitrogen and oxygen atoms in total. The van der Waals surface area contributed by atoms with Gasteiger partial charge in [0.15, 0.2) is 0 Å². The van der Waals surface area contributed by atoms with Crippen molar-refractivity contribution >= 4 is 0 Å². The van der Waals surface area contributed by atoms with E-state index in [-0.39, 0.29) is 6.61 Å². The Morgan fingerprint density at radius 2 is 2.12 bits per heavy atom. The van der Waals surface area contributed by atoms with Gasteiger partial charge < -0.3 is 15.5 Å². The first-order valence-electron chi connectivity index (χ1n) is 6.43. The van der Waals surface area contributed by atoms with Gasteiger partial charge >= 0.3 is 0 Å². The van der Waals surface area contributed by atoms with Crippen molar-refractivity contribution in [3.8, 4) is 0 Å². The first-order chi connectivity index (χ1) is 7.62. The molecule has 0 spiro atoms. The monoisotopic (exact) mass is 228 g/mol. The molecule has 3 N–H and O–H groups in total. The molecule has 2 aliphatic rings. The van der Waals surface area contributed by atoms with E-state index < -0.39 is 5.60 Å². The van der Waals surface area contributed by atoms with E-state index in [0.29, 0.717) is 18.6 Å². The lowest BCUT2D eigenvalue weighted by atomic mass is 9.98. The van der Waals surface area contributed by atoms with Gasteiger partial charge in [-0.25, -0.2) is 0 Å². The molecule has 3 unspecified atom stereocenters. The fourth-order valence-electron chi connectivity index (χ4n) is 2.89. The molecule has 2 aliphatic heterocycles. The van der Waals surface area contributed by atoms with Crippen molar-refractivity contribution in [3.63, 3.8) is 0 Å². The molecule has 2 rings (SSSR count). The van der Waals surface area contributed by atoms with Crippen molar-refractivity contribution in [3.05, 3.63) is 0 Å². The van der Waals surface area contributed by atoms with Crippen molar-refractivity contribution in [2.45, 2.75) is 50.3 Å². The van der Waals surface area contributed by atoms with E-state index in [1.54, 1.807) is 6.92 Å². The summed E-state index contributed by atoms with van der Waals surface area (Å²) in [6.45, 7) is 4.40. The normalized spacial score (nSPS) is 34.7. The molecular formula is C12H24N2O2. The van der Waals surface area contributed by atoms with Crippen LogP contribution in [0.4, 0.5) is 0 Å². The molecule has 2 saturated heterocycles. The van der Waals surface area contributed by atoms with E-state index in [4.69, 9.17) is 5.11 Å². The number of aliphatic hydroxyl groups excluding tert-OH is 1. The molecule has 0 saturated carbocycles. The second-order valence-electron chi connectivity index (χ2n) is 5.53. The molecule has 0 aromatic heterocycles. The van der Waals surface area contributed by atoms with Gasteiger partial charge in [0.05, 0.1) is 12.2 Å². The second-order valence-corrected chi connectivity index (χ2v) is 5.53. The highest BCUT2D eigenvalue weighted by Crippen LogP contribution is 2.27. The zero-order chi connectivity index (χ0) is 11.6. The Morgan fingerprint density at radius 3 is 2.88 bits per heavy atom. The van der Waals surface area contributed by atoms with Crippen LogP contribution < -0.4 is 5.32 Å². The van der Waals surface area contributed by atoms with Crippen molar-refractivity contribution in [2.24, 2.45) is 0 Å². The lowest BCUT2D eigenvalue weighted by Gasteiger charge is -2.33. The van der Waals surface area contributed by atoms with Gasteiger partial charge in [0, 0.05) is 25.2 Å². The Morgan fingerprint density at radius 1 is 1.31 bits per heavy atom. The Hall–Kier alpha value is -0.160. The van der Waals surface area contributed by atoms with Crippen molar-refractivity contribution in [2.75, 3.05) is 26.2 Å². The predicted octanol–water partition coefficient (Wildman–Crippen LogP) is -0.0539. The molecule has 2 fully saturated rings. The molecule has 94 valence electrons. The third kappa shape index (κ3) is 2.74. The molecule has 0 aromatic carbocycles. The van der Waals surface area contributed by atoms with Gasteiger partial charge in [0.25, 0.3) is 0 Å². The summed E-state index contributed by atoms with van der Waals surface area (Å²) in [6, 6.07) is 1.15. The highest BCUT2D eigenvalue weighted by atomic mass is 16.3. The van der Waals surface area contributed by atoms with E-state index >= 15 is 0 Å². The summed E-state index contributed by atoms with van der Waals surface area (Å²) in [5.74, 6) is 0. The fraction of sp³-hybridized carbons (Fsp3) is 1.00. The summed E-state index contributed by atoms with van der Waals surface area (Å²) in [6.07, 6.45) is 5.11. The number of nitrogens with zero attached hydrogens (tertiary/aromatic N) is 1. The Bertz CT molecular complexity index is 233. The maximum Gasteiger partial charge on any atom is 0.0972 e. The van der Waals surface area contributed by atoms with Crippen LogP contribution in [-0.2, 0) is 0 Å². The summed E-state index contributed by atoms with van der Waals surface area (Å²) in [5, 5.41) is 22.2. The smallest absolute Gasteiger partial charge is 0.0972 e. The number of fused-ring (bicyclic) bond motifs is 1. The number of hydrogen-bond donors (Lipinski definition) is 3. The van der Waals surface area contributed by atoms with Crippen LogP contribution in [-0.4, -0.2) is 59.0 Å². The Kier molecular flexibility index (Phi) is 3.85. The van der Waals surface area contributed by atoms with Crippen molar-refractivity contribution in [1.29, 1.82) is 0 Å². The number of rotatable bonds is 4. The van der Waals surface area contributed by atoms with Gasteiger partial charge in [-0.2, -0.15) is 0 Å². The van der Waals surface area contributed by atoms with Gasteiger partial charge in [-0.1, -0.05) is 6.42 Å². The number of piperidine rings is 1. The minimum Gasteiger partial charge on any atom is -0.393 e. The number of nitrogens with one attached hydrogen (secondary N) is 1. The predicted molar refractivity (Wildman–Crippen MR) is 63.3 cm³/mol. The molecule has 0 amide bonds. The highest BCUT2D eigenvalue weighted by molar-refractivity contribution is 4.95. The van der Waals surface area contributed by atoms with Gasteiger partial charge in [-0.15, -0.1) is 0 Å². The largest absolute Gasteiger partial charge is 0.393 e. The molecule has 0 bridgehead atoms. The molecule has 0 aromatic rings.